The smallest absolute Gasteiger partial charge is 0.322 e. The van der Waals surface area contributed by atoms with Crippen LogP contribution >= 0.6 is 0 Å². The first-order valence-electron chi connectivity index (χ1n) is 11.3. The largest absolute Gasteiger partial charge is 0.344 e. The quantitative estimate of drug-likeness (QED) is 0.704. The van der Waals surface area contributed by atoms with Crippen LogP contribution in [0.5, 0.6) is 0 Å². The summed E-state index contributed by atoms with van der Waals surface area (Å²) in [4.78, 5) is 39.7. The number of hydrogen-bond acceptors (Lipinski definition) is 4. The van der Waals surface area contributed by atoms with E-state index < -0.39 is 11.6 Å². The van der Waals surface area contributed by atoms with Crippen LogP contribution in [0.15, 0.2) is 30.3 Å². The van der Waals surface area contributed by atoms with E-state index in [0.717, 1.165) is 56.6 Å². The monoisotopic (exact) mass is 412 g/mol. The molecule has 4 amide bonds. The maximum atomic E-state index is 12.7. The fourth-order valence-electron chi connectivity index (χ4n) is 5.02. The molecule has 2 saturated heterocycles. The average Bonchev–Trinajstić information content (AvgIpc) is 2.98. The number of carbonyl (C=O) groups is 3. The van der Waals surface area contributed by atoms with Gasteiger partial charge in [0.25, 0.3) is 5.91 Å². The molecule has 1 spiro atoms. The maximum absolute atomic E-state index is 12.7. The Morgan fingerprint density at radius 2 is 1.77 bits per heavy atom. The molecule has 1 aromatic rings. The molecule has 0 bridgehead atoms. The number of urea groups is 1. The molecule has 3 aliphatic rings. The molecule has 0 atom stereocenters. The summed E-state index contributed by atoms with van der Waals surface area (Å²) < 4.78 is 0. The molecule has 162 valence electrons. The van der Waals surface area contributed by atoms with Crippen LogP contribution in [0.1, 0.15) is 56.9 Å². The molecule has 30 heavy (non-hydrogen) atoms. The Hall–Kier alpha value is -2.41. The van der Waals surface area contributed by atoms with Gasteiger partial charge in [0, 0.05) is 13.0 Å². The third-order valence-corrected chi connectivity index (χ3v) is 6.83. The lowest BCUT2D eigenvalue weighted by molar-refractivity contribution is -0.140. The summed E-state index contributed by atoms with van der Waals surface area (Å²) in [6, 6.07) is 10.1. The van der Waals surface area contributed by atoms with Crippen LogP contribution in [-0.4, -0.2) is 52.9 Å². The van der Waals surface area contributed by atoms with E-state index in [4.69, 9.17) is 0 Å². The SMILES string of the molecule is O=C(CCN1CCC(Cc2ccccc2)CC1)NN1C(=O)NC2(CCCCC2)C1=O. The van der Waals surface area contributed by atoms with Crippen LogP contribution in [-0.2, 0) is 16.0 Å². The topological polar surface area (TPSA) is 81.8 Å². The van der Waals surface area contributed by atoms with Crippen LogP contribution in [0.4, 0.5) is 4.79 Å². The Morgan fingerprint density at radius 3 is 2.47 bits per heavy atom. The maximum Gasteiger partial charge on any atom is 0.344 e. The summed E-state index contributed by atoms with van der Waals surface area (Å²) in [6.07, 6.45) is 7.90. The number of piperidine rings is 1. The molecular formula is C23H32N4O3. The lowest BCUT2D eigenvalue weighted by Crippen LogP contribution is -2.51. The van der Waals surface area contributed by atoms with E-state index in [1.165, 1.54) is 5.56 Å². The van der Waals surface area contributed by atoms with Crippen molar-refractivity contribution in [2.75, 3.05) is 19.6 Å². The van der Waals surface area contributed by atoms with Crippen LogP contribution in [0.25, 0.3) is 0 Å². The number of nitrogens with zero attached hydrogens (tertiary/aromatic N) is 2. The number of imide groups is 1. The highest BCUT2D eigenvalue weighted by molar-refractivity contribution is 6.08. The first-order valence-corrected chi connectivity index (χ1v) is 11.3. The van der Waals surface area contributed by atoms with E-state index in [9.17, 15) is 14.4 Å². The molecule has 0 aromatic heterocycles. The standard InChI is InChI=1S/C23H32N4O3/c28-20(25-27-21(29)23(24-22(27)30)12-5-2-6-13-23)11-16-26-14-9-19(10-15-26)17-18-7-3-1-4-8-18/h1,3-4,7-8,19H,2,5-6,9-17H2,(H,24,30)(H,25,28). The van der Waals surface area contributed by atoms with Crippen molar-refractivity contribution in [1.82, 2.24) is 20.7 Å². The van der Waals surface area contributed by atoms with Crippen LogP contribution < -0.4 is 10.7 Å². The van der Waals surface area contributed by atoms with Crippen LogP contribution in [0.3, 0.4) is 0 Å². The first kappa shape index (κ1) is 20.8. The number of hydrogen-bond donors (Lipinski definition) is 2. The molecule has 1 saturated carbocycles. The summed E-state index contributed by atoms with van der Waals surface area (Å²) in [5, 5.41) is 3.72. The molecule has 7 heteroatoms. The molecule has 4 rings (SSSR count). The summed E-state index contributed by atoms with van der Waals surface area (Å²) >= 11 is 0. The Morgan fingerprint density at radius 1 is 1.07 bits per heavy atom. The minimum absolute atomic E-state index is 0.280. The molecule has 2 aliphatic heterocycles. The molecule has 3 fully saturated rings. The predicted molar refractivity (Wildman–Crippen MR) is 113 cm³/mol. The van der Waals surface area contributed by atoms with Crippen LogP contribution in [0.2, 0.25) is 0 Å². The average molecular weight is 413 g/mol. The van der Waals surface area contributed by atoms with Gasteiger partial charge in [0.1, 0.15) is 5.54 Å². The molecule has 7 nitrogen and oxygen atoms in total. The number of nitrogens with one attached hydrogen (secondary N) is 2. The Bertz CT molecular complexity index is 768. The van der Waals surface area contributed by atoms with Gasteiger partial charge in [0.05, 0.1) is 0 Å². The second kappa shape index (κ2) is 9.16. The number of likely N-dealkylation sites (tertiary alicyclic amines) is 1. The lowest BCUT2D eigenvalue weighted by atomic mass is 9.82. The van der Waals surface area contributed by atoms with Gasteiger partial charge < -0.3 is 10.2 Å². The van der Waals surface area contributed by atoms with Crippen molar-refractivity contribution >= 4 is 17.8 Å². The van der Waals surface area contributed by atoms with Gasteiger partial charge in [-0.1, -0.05) is 49.6 Å². The highest BCUT2D eigenvalue weighted by Gasteiger charge is 2.52. The minimum atomic E-state index is -0.802. The number of rotatable bonds is 6. The third-order valence-electron chi connectivity index (χ3n) is 6.83. The van der Waals surface area contributed by atoms with Crippen molar-refractivity contribution in [3.8, 4) is 0 Å². The zero-order chi connectivity index (χ0) is 21.0. The van der Waals surface area contributed by atoms with Gasteiger partial charge in [0.15, 0.2) is 0 Å². The van der Waals surface area contributed by atoms with E-state index in [1.807, 2.05) is 6.07 Å². The molecule has 1 aliphatic carbocycles. The van der Waals surface area contributed by atoms with Gasteiger partial charge >= 0.3 is 6.03 Å². The highest BCUT2D eigenvalue weighted by Crippen LogP contribution is 2.33. The van der Waals surface area contributed by atoms with Gasteiger partial charge in [0.2, 0.25) is 5.91 Å². The van der Waals surface area contributed by atoms with Gasteiger partial charge in [-0.25, -0.2) is 4.79 Å². The molecule has 2 N–H and O–H groups in total. The second-order valence-electron chi connectivity index (χ2n) is 8.97. The van der Waals surface area contributed by atoms with Crippen LogP contribution in [0, 0.1) is 5.92 Å². The van der Waals surface area contributed by atoms with E-state index in [-0.39, 0.29) is 18.2 Å². The van der Waals surface area contributed by atoms with E-state index in [0.29, 0.717) is 25.3 Å². The number of amides is 4. The van der Waals surface area contributed by atoms with Gasteiger partial charge in [-0.2, -0.15) is 5.01 Å². The fourth-order valence-corrected chi connectivity index (χ4v) is 5.02. The number of hydrazine groups is 1. The lowest BCUT2D eigenvalue weighted by Gasteiger charge is -2.32. The Kier molecular flexibility index (Phi) is 6.37. The second-order valence-corrected chi connectivity index (χ2v) is 8.97. The molecule has 0 radical (unpaired) electrons. The zero-order valence-electron chi connectivity index (χ0n) is 17.6. The van der Waals surface area contributed by atoms with Gasteiger partial charge in [-0.3, -0.25) is 15.0 Å². The van der Waals surface area contributed by atoms with Crippen molar-refractivity contribution in [2.24, 2.45) is 5.92 Å². The number of benzene rings is 1. The normalized spacial score (nSPS) is 22.3. The van der Waals surface area contributed by atoms with E-state index >= 15 is 0 Å². The Labute approximate surface area is 178 Å². The molecule has 2 heterocycles. The molecule has 1 aromatic carbocycles. The van der Waals surface area contributed by atoms with E-state index in [2.05, 4.69) is 39.9 Å². The number of carbonyl (C=O) groups excluding carboxylic acids is 3. The Balaban J connectivity index is 1.19. The van der Waals surface area contributed by atoms with Crippen molar-refractivity contribution in [2.45, 2.75) is 63.3 Å². The highest BCUT2D eigenvalue weighted by atomic mass is 16.2. The van der Waals surface area contributed by atoms with Crippen molar-refractivity contribution < 1.29 is 14.4 Å². The minimum Gasteiger partial charge on any atom is -0.322 e. The van der Waals surface area contributed by atoms with Crippen molar-refractivity contribution in [1.29, 1.82) is 0 Å². The first-order chi connectivity index (χ1) is 14.6. The molecular weight excluding hydrogens is 380 g/mol. The predicted octanol–water partition coefficient (Wildman–Crippen LogP) is 2.62. The van der Waals surface area contributed by atoms with E-state index in [1.54, 1.807) is 0 Å². The fraction of sp³-hybridized carbons (Fsp3) is 0.609. The summed E-state index contributed by atoms with van der Waals surface area (Å²) in [7, 11) is 0. The molecule has 0 unspecified atom stereocenters. The third kappa shape index (κ3) is 4.67. The van der Waals surface area contributed by atoms with Crippen molar-refractivity contribution in [3.05, 3.63) is 35.9 Å². The van der Waals surface area contributed by atoms with Gasteiger partial charge in [-0.15, -0.1) is 0 Å². The van der Waals surface area contributed by atoms with Crippen molar-refractivity contribution in [3.63, 3.8) is 0 Å². The summed E-state index contributed by atoms with van der Waals surface area (Å²) in [6.45, 7) is 2.62. The summed E-state index contributed by atoms with van der Waals surface area (Å²) in [5.74, 6) is 0.107. The summed E-state index contributed by atoms with van der Waals surface area (Å²) in [5.41, 5.74) is 3.12. The van der Waals surface area contributed by atoms with Gasteiger partial charge in [-0.05, 0) is 56.7 Å². The zero-order valence-corrected chi connectivity index (χ0v) is 17.6.